The van der Waals surface area contributed by atoms with Crippen LogP contribution in [0.4, 0.5) is 4.39 Å². The van der Waals surface area contributed by atoms with Gasteiger partial charge in [0.25, 0.3) is 0 Å². The van der Waals surface area contributed by atoms with Crippen LogP contribution < -0.4 is 16.3 Å². The van der Waals surface area contributed by atoms with Crippen molar-refractivity contribution < 1.29 is 13.9 Å². The van der Waals surface area contributed by atoms with E-state index >= 15 is 0 Å². The Hall–Kier alpha value is -3.07. The molecule has 134 valence electrons. The molecule has 26 heavy (non-hydrogen) atoms. The zero-order valence-corrected chi connectivity index (χ0v) is 14.4. The molecule has 0 unspecified atom stereocenters. The van der Waals surface area contributed by atoms with Crippen molar-refractivity contribution >= 4 is 17.7 Å². The van der Waals surface area contributed by atoms with E-state index in [9.17, 15) is 9.18 Å². The van der Waals surface area contributed by atoms with Crippen molar-refractivity contribution in [2.24, 2.45) is 5.73 Å². The average Bonchev–Trinajstić information content (AvgIpc) is 2.99. The number of aromatic nitrogens is 3. The molecule has 0 aliphatic rings. The van der Waals surface area contributed by atoms with E-state index in [1.807, 2.05) is 6.07 Å². The first-order valence-corrected chi connectivity index (χ1v) is 8.61. The molecule has 1 aromatic heterocycles. The van der Waals surface area contributed by atoms with Gasteiger partial charge in [-0.2, -0.15) is 0 Å². The highest BCUT2D eigenvalue weighted by molar-refractivity contribution is 7.98. The Labute approximate surface area is 153 Å². The third kappa shape index (κ3) is 4.31. The average molecular weight is 373 g/mol. The zero-order valence-electron chi connectivity index (χ0n) is 13.6. The number of nitrogen functional groups attached to an aromatic ring is 1. The quantitative estimate of drug-likeness (QED) is 0.485. The van der Waals surface area contributed by atoms with E-state index in [4.69, 9.17) is 16.3 Å². The molecule has 0 saturated carbocycles. The molecular formula is C17H16FN5O2S. The molecule has 0 bridgehead atoms. The Morgan fingerprint density at radius 2 is 1.96 bits per heavy atom. The van der Waals surface area contributed by atoms with Gasteiger partial charge >= 0.3 is 0 Å². The summed E-state index contributed by atoms with van der Waals surface area (Å²) >= 11 is 1.37. The molecule has 7 nitrogen and oxygen atoms in total. The van der Waals surface area contributed by atoms with Crippen LogP contribution in [0.25, 0.3) is 0 Å². The third-order valence-corrected chi connectivity index (χ3v) is 4.51. The van der Waals surface area contributed by atoms with E-state index in [2.05, 4.69) is 10.2 Å². The molecule has 0 spiro atoms. The molecule has 0 fully saturated rings. The van der Waals surface area contributed by atoms with Crippen LogP contribution in [0.3, 0.4) is 0 Å². The first kappa shape index (κ1) is 17.7. The summed E-state index contributed by atoms with van der Waals surface area (Å²) in [5.74, 6) is 6.67. The topological polar surface area (TPSA) is 109 Å². The van der Waals surface area contributed by atoms with Gasteiger partial charge in [-0.05, 0) is 42.0 Å². The third-order valence-electron chi connectivity index (χ3n) is 3.50. The van der Waals surface area contributed by atoms with Gasteiger partial charge in [0.1, 0.15) is 18.2 Å². The number of halogens is 1. The van der Waals surface area contributed by atoms with Crippen LogP contribution in [0.2, 0.25) is 0 Å². The van der Waals surface area contributed by atoms with E-state index in [-0.39, 0.29) is 12.4 Å². The summed E-state index contributed by atoms with van der Waals surface area (Å²) in [6, 6.07) is 12.7. The van der Waals surface area contributed by atoms with Gasteiger partial charge in [-0.3, -0.25) is 4.79 Å². The monoisotopic (exact) mass is 373 g/mol. The second-order valence-electron chi connectivity index (χ2n) is 5.36. The van der Waals surface area contributed by atoms with Crippen LogP contribution in [0, 0.1) is 5.82 Å². The van der Waals surface area contributed by atoms with Gasteiger partial charge in [-0.15, -0.1) is 10.2 Å². The number of hydrogen-bond acceptors (Lipinski definition) is 6. The molecule has 1 amide bonds. The molecule has 0 aliphatic carbocycles. The predicted molar refractivity (Wildman–Crippen MR) is 95.4 cm³/mol. The number of carbonyl (C=O) groups excluding carboxylic acids is 1. The number of carbonyl (C=O) groups is 1. The van der Waals surface area contributed by atoms with Crippen molar-refractivity contribution in [3.05, 3.63) is 71.3 Å². The Balaban J connectivity index is 1.61. The Kier molecular flexibility index (Phi) is 5.37. The second-order valence-corrected chi connectivity index (χ2v) is 6.31. The number of thioether (sulfide) groups is 1. The maximum Gasteiger partial charge on any atom is 0.248 e. The molecule has 2 aromatic carbocycles. The summed E-state index contributed by atoms with van der Waals surface area (Å²) in [5, 5.41) is 8.54. The minimum atomic E-state index is -0.473. The molecule has 0 saturated heterocycles. The lowest BCUT2D eigenvalue weighted by molar-refractivity contribution is 0.1000. The predicted octanol–water partition coefficient (Wildman–Crippen LogP) is 2.10. The minimum absolute atomic E-state index is 0.104. The summed E-state index contributed by atoms with van der Waals surface area (Å²) in [6.45, 7) is 0.104. The van der Waals surface area contributed by atoms with Crippen LogP contribution in [-0.2, 0) is 12.4 Å². The molecular weight excluding hydrogens is 357 g/mol. The van der Waals surface area contributed by atoms with Crippen LogP contribution in [-0.4, -0.2) is 20.8 Å². The number of benzene rings is 2. The number of nitrogens with two attached hydrogens (primary N) is 2. The largest absolute Gasteiger partial charge is 0.486 e. The highest BCUT2D eigenvalue weighted by Crippen LogP contribution is 2.21. The molecule has 0 radical (unpaired) electrons. The fourth-order valence-electron chi connectivity index (χ4n) is 2.15. The van der Waals surface area contributed by atoms with Crippen LogP contribution >= 0.6 is 11.8 Å². The maximum atomic E-state index is 12.9. The molecule has 3 rings (SSSR count). The summed E-state index contributed by atoms with van der Waals surface area (Å²) in [4.78, 5) is 11.2. The number of ether oxygens (including phenoxy) is 1. The lowest BCUT2D eigenvalue weighted by Gasteiger charge is -2.06. The fraction of sp³-hybridized carbons (Fsp3) is 0.118. The Morgan fingerprint density at radius 1 is 1.19 bits per heavy atom. The molecule has 4 N–H and O–H groups in total. The van der Waals surface area contributed by atoms with Gasteiger partial charge in [-0.25, -0.2) is 9.07 Å². The molecule has 0 aliphatic heterocycles. The lowest BCUT2D eigenvalue weighted by Crippen LogP contribution is -2.15. The standard InChI is InChI=1S/C17H16FN5O2S/c18-13-4-6-14(7-5-13)25-9-15-21-22-17(23(15)20)26-10-11-2-1-3-12(8-11)16(19)24/h1-8H,9-10,20H2,(H2,19,24). The molecule has 0 atom stereocenters. The van der Waals surface area contributed by atoms with Gasteiger partial charge in [0.2, 0.25) is 11.1 Å². The first-order chi connectivity index (χ1) is 12.5. The van der Waals surface area contributed by atoms with Crippen molar-refractivity contribution in [2.75, 3.05) is 5.84 Å². The van der Waals surface area contributed by atoms with E-state index in [0.717, 1.165) is 5.56 Å². The van der Waals surface area contributed by atoms with Crippen molar-refractivity contribution in [3.63, 3.8) is 0 Å². The first-order valence-electron chi connectivity index (χ1n) is 7.62. The van der Waals surface area contributed by atoms with Crippen molar-refractivity contribution in [3.8, 4) is 5.75 Å². The minimum Gasteiger partial charge on any atom is -0.486 e. The van der Waals surface area contributed by atoms with Crippen molar-refractivity contribution in [2.45, 2.75) is 17.5 Å². The lowest BCUT2D eigenvalue weighted by atomic mass is 10.1. The Morgan fingerprint density at radius 3 is 2.69 bits per heavy atom. The van der Waals surface area contributed by atoms with Crippen molar-refractivity contribution in [1.82, 2.24) is 14.9 Å². The summed E-state index contributed by atoms with van der Waals surface area (Å²) < 4.78 is 19.7. The van der Waals surface area contributed by atoms with Gasteiger partial charge in [-0.1, -0.05) is 23.9 Å². The zero-order chi connectivity index (χ0) is 18.5. The number of primary amides is 1. The number of hydrogen-bond donors (Lipinski definition) is 2. The summed E-state index contributed by atoms with van der Waals surface area (Å²) in [7, 11) is 0. The maximum absolute atomic E-state index is 12.9. The van der Waals surface area contributed by atoms with Gasteiger partial charge < -0.3 is 16.3 Å². The van der Waals surface area contributed by atoms with Gasteiger partial charge in [0.05, 0.1) is 0 Å². The van der Waals surface area contributed by atoms with E-state index in [0.29, 0.717) is 28.0 Å². The molecule has 1 heterocycles. The van der Waals surface area contributed by atoms with E-state index in [1.54, 1.807) is 18.2 Å². The SMILES string of the molecule is NC(=O)c1cccc(CSc2nnc(COc3ccc(F)cc3)n2N)c1. The normalized spacial score (nSPS) is 10.7. The van der Waals surface area contributed by atoms with Crippen molar-refractivity contribution in [1.29, 1.82) is 0 Å². The summed E-state index contributed by atoms with van der Waals surface area (Å²) in [6.07, 6.45) is 0. The molecule has 9 heteroatoms. The Bertz CT molecular complexity index is 914. The smallest absolute Gasteiger partial charge is 0.248 e. The highest BCUT2D eigenvalue weighted by Gasteiger charge is 2.11. The highest BCUT2D eigenvalue weighted by atomic mass is 32.2. The van der Waals surface area contributed by atoms with E-state index in [1.165, 1.54) is 40.7 Å². The summed E-state index contributed by atoms with van der Waals surface area (Å²) in [5.41, 5.74) is 6.64. The van der Waals surface area contributed by atoms with Gasteiger partial charge in [0, 0.05) is 11.3 Å². The number of amides is 1. The van der Waals surface area contributed by atoms with Crippen LogP contribution in [0.5, 0.6) is 5.75 Å². The van der Waals surface area contributed by atoms with Gasteiger partial charge in [0.15, 0.2) is 5.82 Å². The number of rotatable bonds is 7. The second kappa shape index (κ2) is 7.87. The van der Waals surface area contributed by atoms with Crippen LogP contribution in [0.15, 0.2) is 53.7 Å². The fourth-order valence-corrected chi connectivity index (χ4v) is 2.96. The van der Waals surface area contributed by atoms with E-state index < -0.39 is 5.91 Å². The molecule has 3 aromatic rings. The number of nitrogens with zero attached hydrogens (tertiary/aromatic N) is 3. The van der Waals surface area contributed by atoms with Crippen LogP contribution in [0.1, 0.15) is 21.7 Å².